The van der Waals surface area contributed by atoms with E-state index in [4.69, 9.17) is 0 Å². The van der Waals surface area contributed by atoms with E-state index >= 15 is 0 Å². The van der Waals surface area contributed by atoms with Crippen LogP contribution in [-0.2, 0) is 0 Å². The second kappa shape index (κ2) is 3.97. The van der Waals surface area contributed by atoms with Crippen LogP contribution < -0.4 is 10.6 Å². The molecule has 1 aliphatic carbocycles. The first-order chi connectivity index (χ1) is 6.35. The topological polar surface area (TPSA) is 24.1 Å². The van der Waals surface area contributed by atoms with Gasteiger partial charge in [-0.15, -0.1) is 0 Å². The lowest BCUT2D eigenvalue weighted by molar-refractivity contribution is 0.290. The molecule has 2 rings (SSSR count). The highest BCUT2D eigenvalue weighted by Crippen LogP contribution is 2.30. The lowest BCUT2D eigenvalue weighted by Crippen LogP contribution is -2.36. The van der Waals surface area contributed by atoms with E-state index in [2.05, 4.69) is 17.6 Å². The summed E-state index contributed by atoms with van der Waals surface area (Å²) in [5, 5.41) is 7.12. The van der Waals surface area contributed by atoms with Gasteiger partial charge in [0.05, 0.1) is 0 Å². The Bertz CT molecular complexity index is 157. The second-order valence-corrected chi connectivity index (χ2v) is 4.85. The number of hydrogen-bond donors (Lipinski definition) is 2. The Morgan fingerprint density at radius 2 is 2.31 bits per heavy atom. The summed E-state index contributed by atoms with van der Waals surface area (Å²) >= 11 is 0. The summed E-state index contributed by atoms with van der Waals surface area (Å²) in [6.45, 7) is 7.26. The molecule has 76 valence electrons. The molecule has 1 saturated heterocycles. The highest BCUT2D eigenvalue weighted by molar-refractivity contribution is 4.89. The van der Waals surface area contributed by atoms with E-state index in [0.717, 1.165) is 5.92 Å². The van der Waals surface area contributed by atoms with Crippen molar-refractivity contribution in [2.24, 2.45) is 11.3 Å². The van der Waals surface area contributed by atoms with Crippen molar-refractivity contribution in [2.45, 2.75) is 32.6 Å². The summed E-state index contributed by atoms with van der Waals surface area (Å²) in [5.41, 5.74) is 0.578. The minimum Gasteiger partial charge on any atom is -0.316 e. The Hall–Kier alpha value is -0.0800. The molecule has 2 aliphatic rings. The fourth-order valence-corrected chi connectivity index (χ4v) is 2.24. The number of nitrogens with one attached hydrogen (secondary N) is 2. The first-order valence-electron chi connectivity index (χ1n) is 5.76. The van der Waals surface area contributed by atoms with Crippen molar-refractivity contribution < 1.29 is 0 Å². The molecule has 0 radical (unpaired) electrons. The van der Waals surface area contributed by atoms with Crippen molar-refractivity contribution >= 4 is 0 Å². The zero-order valence-corrected chi connectivity index (χ0v) is 8.73. The summed E-state index contributed by atoms with van der Waals surface area (Å²) in [4.78, 5) is 0. The molecule has 2 N–H and O–H groups in total. The molecular formula is C11H22N2. The van der Waals surface area contributed by atoms with Crippen molar-refractivity contribution in [1.29, 1.82) is 0 Å². The van der Waals surface area contributed by atoms with Crippen LogP contribution in [0.3, 0.4) is 0 Å². The minimum absolute atomic E-state index is 0.578. The standard InChI is InChI=1S/C11H22N2/c1-2-11(5-6-12-8-11)9-13-7-10-3-4-10/h10,12-13H,2-9H2,1H3. The predicted molar refractivity (Wildman–Crippen MR) is 55.8 cm³/mol. The first-order valence-corrected chi connectivity index (χ1v) is 5.76. The maximum Gasteiger partial charge on any atom is 0.00205 e. The van der Waals surface area contributed by atoms with Crippen LogP contribution in [-0.4, -0.2) is 26.2 Å². The van der Waals surface area contributed by atoms with Crippen LogP contribution in [0.1, 0.15) is 32.6 Å². The van der Waals surface area contributed by atoms with Gasteiger partial charge in [-0.05, 0) is 50.1 Å². The van der Waals surface area contributed by atoms with Crippen molar-refractivity contribution in [1.82, 2.24) is 10.6 Å². The third kappa shape index (κ3) is 2.44. The zero-order valence-electron chi connectivity index (χ0n) is 8.73. The normalized spacial score (nSPS) is 33.9. The van der Waals surface area contributed by atoms with Crippen LogP contribution in [0.4, 0.5) is 0 Å². The molecule has 2 heteroatoms. The monoisotopic (exact) mass is 182 g/mol. The van der Waals surface area contributed by atoms with Gasteiger partial charge in [0.25, 0.3) is 0 Å². The summed E-state index contributed by atoms with van der Waals surface area (Å²) in [7, 11) is 0. The third-order valence-corrected chi connectivity index (χ3v) is 3.71. The molecule has 13 heavy (non-hydrogen) atoms. The number of hydrogen-bond acceptors (Lipinski definition) is 2. The van der Waals surface area contributed by atoms with Crippen LogP contribution in [0.5, 0.6) is 0 Å². The minimum atomic E-state index is 0.578. The summed E-state index contributed by atoms with van der Waals surface area (Å²) in [6, 6.07) is 0. The van der Waals surface area contributed by atoms with Gasteiger partial charge < -0.3 is 10.6 Å². The maximum absolute atomic E-state index is 3.64. The van der Waals surface area contributed by atoms with Gasteiger partial charge in [0.2, 0.25) is 0 Å². The quantitative estimate of drug-likeness (QED) is 0.671. The maximum atomic E-state index is 3.64. The van der Waals surface area contributed by atoms with Crippen molar-refractivity contribution in [3.63, 3.8) is 0 Å². The van der Waals surface area contributed by atoms with Gasteiger partial charge in [0, 0.05) is 13.1 Å². The summed E-state index contributed by atoms with van der Waals surface area (Å²) in [5.74, 6) is 1.02. The highest BCUT2D eigenvalue weighted by Gasteiger charge is 2.32. The molecule has 0 amide bonds. The Labute approximate surface area is 81.5 Å². The molecule has 2 nitrogen and oxygen atoms in total. The Kier molecular flexibility index (Phi) is 2.89. The molecule has 1 saturated carbocycles. The van der Waals surface area contributed by atoms with E-state index < -0.39 is 0 Å². The number of rotatable bonds is 5. The Balaban J connectivity index is 1.69. The van der Waals surface area contributed by atoms with Gasteiger partial charge in [-0.1, -0.05) is 6.92 Å². The van der Waals surface area contributed by atoms with Crippen molar-refractivity contribution in [3.8, 4) is 0 Å². The van der Waals surface area contributed by atoms with E-state index in [1.165, 1.54) is 51.9 Å². The molecular weight excluding hydrogens is 160 g/mol. The smallest absolute Gasteiger partial charge is 0.00205 e. The molecule has 0 aromatic carbocycles. The molecule has 1 unspecified atom stereocenters. The largest absolute Gasteiger partial charge is 0.316 e. The fraction of sp³-hybridized carbons (Fsp3) is 1.00. The molecule has 0 bridgehead atoms. The lowest BCUT2D eigenvalue weighted by atomic mass is 9.84. The van der Waals surface area contributed by atoms with Gasteiger partial charge in [0.1, 0.15) is 0 Å². The molecule has 0 aromatic heterocycles. The SMILES string of the molecule is CCC1(CNCC2CC2)CCNC1. The molecule has 1 atom stereocenters. The predicted octanol–water partition coefficient (Wildman–Crippen LogP) is 1.38. The van der Waals surface area contributed by atoms with Crippen LogP contribution in [0.2, 0.25) is 0 Å². The van der Waals surface area contributed by atoms with E-state index in [1.807, 2.05) is 0 Å². The van der Waals surface area contributed by atoms with Crippen LogP contribution in [0, 0.1) is 11.3 Å². The molecule has 0 spiro atoms. The fourth-order valence-electron chi connectivity index (χ4n) is 2.24. The Morgan fingerprint density at radius 1 is 1.46 bits per heavy atom. The average Bonchev–Trinajstić information content (AvgIpc) is 2.84. The van der Waals surface area contributed by atoms with E-state index in [0.29, 0.717) is 5.41 Å². The van der Waals surface area contributed by atoms with Crippen molar-refractivity contribution in [3.05, 3.63) is 0 Å². The van der Waals surface area contributed by atoms with Gasteiger partial charge in [-0.2, -0.15) is 0 Å². The van der Waals surface area contributed by atoms with Crippen LogP contribution in [0.25, 0.3) is 0 Å². The lowest BCUT2D eigenvalue weighted by Gasteiger charge is -2.26. The van der Waals surface area contributed by atoms with Crippen LogP contribution >= 0.6 is 0 Å². The third-order valence-electron chi connectivity index (χ3n) is 3.71. The summed E-state index contributed by atoms with van der Waals surface area (Å²) < 4.78 is 0. The highest BCUT2D eigenvalue weighted by atomic mass is 15.0. The van der Waals surface area contributed by atoms with Gasteiger partial charge >= 0.3 is 0 Å². The van der Waals surface area contributed by atoms with Crippen molar-refractivity contribution in [2.75, 3.05) is 26.2 Å². The van der Waals surface area contributed by atoms with Gasteiger partial charge in [-0.25, -0.2) is 0 Å². The van der Waals surface area contributed by atoms with E-state index in [1.54, 1.807) is 0 Å². The Morgan fingerprint density at radius 3 is 2.85 bits per heavy atom. The van der Waals surface area contributed by atoms with E-state index in [9.17, 15) is 0 Å². The van der Waals surface area contributed by atoms with E-state index in [-0.39, 0.29) is 0 Å². The van der Waals surface area contributed by atoms with Gasteiger partial charge in [0.15, 0.2) is 0 Å². The first kappa shape index (κ1) is 9.47. The summed E-state index contributed by atoms with van der Waals surface area (Å²) in [6.07, 6.45) is 5.60. The van der Waals surface area contributed by atoms with Gasteiger partial charge in [-0.3, -0.25) is 0 Å². The molecule has 0 aromatic rings. The molecule has 1 aliphatic heterocycles. The molecule has 1 heterocycles. The second-order valence-electron chi connectivity index (χ2n) is 4.85. The zero-order chi connectivity index (χ0) is 9.15. The average molecular weight is 182 g/mol. The van der Waals surface area contributed by atoms with Crippen LogP contribution in [0.15, 0.2) is 0 Å². The molecule has 2 fully saturated rings.